The van der Waals surface area contributed by atoms with Crippen LogP contribution in [-0.4, -0.2) is 13.7 Å². The van der Waals surface area contributed by atoms with Crippen molar-refractivity contribution in [2.24, 2.45) is 11.8 Å². The van der Waals surface area contributed by atoms with Gasteiger partial charge in [0.25, 0.3) is 0 Å². The van der Waals surface area contributed by atoms with Crippen LogP contribution in [-0.2, 0) is 0 Å². The smallest absolute Gasteiger partial charge is 0.118 e. The van der Waals surface area contributed by atoms with Gasteiger partial charge in [-0.2, -0.15) is 0 Å². The van der Waals surface area contributed by atoms with Gasteiger partial charge in [-0.3, -0.25) is 0 Å². The van der Waals surface area contributed by atoms with Crippen LogP contribution in [0.1, 0.15) is 64.0 Å². The van der Waals surface area contributed by atoms with Crippen LogP contribution >= 0.6 is 0 Å². The molecule has 21 heavy (non-hydrogen) atoms. The topological polar surface area (TPSA) is 21.3 Å². The van der Waals surface area contributed by atoms with Crippen LogP contribution in [0.2, 0.25) is 0 Å². The molecule has 0 spiro atoms. The number of hydrogen-bond acceptors (Lipinski definition) is 2. The average molecular weight is 289 g/mol. The van der Waals surface area contributed by atoms with Crippen molar-refractivity contribution >= 4 is 0 Å². The highest BCUT2D eigenvalue weighted by atomic mass is 16.5. The molecule has 1 aromatic rings. The molecule has 1 fully saturated rings. The predicted molar refractivity (Wildman–Crippen MR) is 89.8 cm³/mol. The van der Waals surface area contributed by atoms with E-state index in [-0.39, 0.29) is 0 Å². The molecule has 0 heterocycles. The second kappa shape index (κ2) is 8.43. The Morgan fingerprint density at radius 1 is 1.14 bits per heavy atom. The van der Waals surface area contributed by atoms with Gasteiger partial charge in [-0.25, -0.2) is 0 Å². The van der Waals surface area contributed by atoms with Gasteiger partial charge < -0.3 is 10.1 Å². The third-order valence-corrected chi connectivity index (χ3v) is 5.01. The predicted octanol–water partition coefficient (Wildman–Crippen LogP) is 4.95. The van der Waals surface area contributed by atoms with Crippen LogP contribution < -0.4 is 10.1 Å². The summed E-state index contributed by atoms with van der Waals surface area (Å²) in [7, 11) is 1.73. The summed E-state index contributed by atoms with van der Waals surface area (Å²) in [6, 6.07) is 9.18. The summed E-state index contributed by atoms with van der Waals surface area (Å²) in [5.74, 6) is 2.60. The van der Waals surface area contributed by atoms with Gasteiger partial charge in [0.1, 0.15) is 5.75 Å². The van der Waals surface area contributed by atoms with E-state index in [1.807, 2.05) is 0 Å². The lowest BCUT2D eigenvalue weighted by Crippen LogP contribution is -2.34. The van der Waals surface area contributed by atoms with Crippen molar-refractivity contribution in [1.29, 1.82) is 0 Å². The molecular weight excluding hydrogens is 258 g/mol. The maximum absolute atomic E-state index is 5.30. The molecule has 3 unspecified atom stereocenters. The third kappa shape index (κ3) is 4.23. The van der Waals surface area contributed by atoms with Crippen LogP contribution in [0, 0.1) is 11.8 Å². The fraction of sp³-hybridized carbons (Fsp3) is 0.684. The lowest BCUT2D eigenvalue weighted by atomic mass is 9.72. The van der Waals surface area contributed by atoms with Gasteiger partial charge in [0.2, 0.25) is 0 Å². The molecule has 1 aliphatic carbocycles. The first-order chi connectivity index (χ1) is 10.3. The molecule has 0 aromatic heterocycles. The van der Waals surface area contributed by atoms with Crippen molar-refractivity contribution in [3.63, 3.8) is 0 Å². The molecule has 0 aliphatic heterocycles. The second-order valence-corrected chi connectivity index (χ2v) is 6.32. The van der Waals surface area contributed by atoms with Crippen molar-refractivity contribution in [3.8, 4) is 5.75 Å². The van der Waals surface area contributed by atoms with Gasteiger partial charge in [0, 0.05) is 6.04 Å². The first kappa shape index (κ1) is 16.4. The van der Waals surface area contributed by atoms with E-state index >= 15 is 0 Å². The highest BCUT2D eigenvalue weighted by molar-refractivity contribution is 5.29. The quantitative estimate of drug-likeness (QED) is 0.766. The van der Waals surface area contributed by atoms with Crippen molar-refractivity contribution in [2.75, 3.05) is 13.7 Å². The SMILES string of the molecule is CCCNC(c1ccc(OC)cc1)C1CCCCC1CC. The van der Waals surface area contributed by atoms with Crippen LogP contribution in [0.3, 0.4) is 0 Å². The Morgan fingerprint density at radius 2 is 1.86 bits per heavy atom. The minimum atomic E-state index is 0.501. The largest absolute Gasteiger partial charge is 0.497 e. The van der Waals surface area contributed by atoms with E-state index in [4.69, 9.17) is 4.74 Å². The number of hydrogen-bond donors (Lipinski definition) is 1. The lowest BCUT2D eigenvalue weighted by Gasteiger charge is -2.37. The van der Waals surface area contributed by atoms with Gasteiger partial charge in [0.15, 0.2) is 0 Å². The zero-order valence-electron chi connectivity index (χ0n) is 13.9. The highest BCUT2D eigenvalue weighted by Gasteiger charge is 2.31. The summed E-state index contributed by atoms with van der Waals surface area (Å²) in [6.45, 7) is 5.70. The van der Waals surface area contributed by atoms with Crippen molar-refractivity contribution < 1.29 is 4.74 Å². The number of benzene rings is 1. The highest BCUT2D eigenvalue weighted by Crippen LogP contribution is 2.40. The molecule has 118 valence electrons. The summed E-state index contributed by atoms with van der Waals surface area (Å²) in [5, 5.41) is 3.82. The van der Waals surface area contributed by atoms with Gasteiger partial charge in [-0.1, -0.05) is 51.7 Å². The molecule has 2 nitrogen and oxygen atoms in total. The molecule has 3 atom stereocenters. The summed E-state index contributed by atoms with van der Waals surface area (Å²) in [4.78, 5) is 0. The maximum Gasteiger partial charge on any atom is 0.118 e. The zero-order chi connectivity index (χ0) is 15.1. The van der Waals surface area contributed by atoms with Gasteiger partial charge in [-0.05, 0) is 48.9 Å². The van der Waals surface area contributed by atoms with E-state index in [9.17, 15) is 0 Å². The summed E-state index contributed by atoms with van der Waals surface area (Å²) in [5.41, 5.74) is 1.43. The number of ether oxygens (including phenoxy) is 1. The van der Waals surface area contributed by atoms with E-state index in [0.29, 0.717) is 6.04 Å². The average Bonchev–Trinajstić information content (AvgIpc) is 2.56. The Bertz CT molecular complexity index is 401. The Balaban J connectivity index is 2.18. The molecule has 1 aliphatic rings. The Labute approximate surface area is 130 Å². The number of rotatable bonds is 7. The van der Waals surface area contributed by atoms with E-state index in [0.717, 1.165) is 24.1 Å². The fourth-order valence-electron chi connectivity index (χ4n) is 3.81. The first-order valence-corrected chi connectivity index (χ1v) is 8.67. The Hall–Kier alpha value is -1.02. The van der Waals surface area contributed by atoms with Gasteiger partial charge in [-0.15, -0.1) is 0 Å². The molecule has 2 heteroatoms. The molecule has 2 rings (SSSR count). The Kier molecular flexibility index (Phi) is 6.56. The fourth-order valence-corrected chi connectivity index (χ4v) is 3.81. The molecule has 1 N–H and O–H groups in total. The van der Waals surface area contributed by atoms with Crippen molar-refractivity contribution in [1.82, 2.24) is 5.32 Å². The normalized spacial score (nSPS) is 23.8. The Morgan fingerprint density at radius 3 is 2.48 bits per heavy atom. The van der Waals surface area contributed by atoms with Crippen LogP contribution in [0.4, 0.5) is 0 Å². The number of methoxy groups -OCH3 is 1. The molecule has 0 amide bonds. The van der Waals surface area contributed by atoms with E-state index in [1.54, 1.807) is 7.11 Å². The molecule has 0 saturated heterocycles. The van der Waals surface area contributed by atoms with Crippen LogP contribution in [0.15, 0.2) is 24.3 Å². The monoisotopic (exact) mass is 289 g/mol. The lowest BCUT2D eigenvalue weighted by molar-refractivity contribution is 0.175. The molecule has 1 saturated carbocycles. The minimum Gasteiger partial charge on any atom is -0.497 e. The summed E-state index contributed by atoms with van der Waals surface area (Å²) >= 11 is 0. The van der Waals surface area contributed by atoms with E-state index < -0.39 is 0 Å². The van der Waals surface area contributed by atoms with Crippen LogP contribution in [0.5, 0.6) is 5.75 Å². The zero-order valence-corrected chi connectivity index (χ0v) is 13.9. The second-order valence-electron chi connectivity index (χ2n) is 6.32. The van der Waals surface area contributed by atoms with Gasteiger partial charge >= 0.3 is 0 Å². The summed E-state index contributed by atoms with van der Waals surface area (Å²) in [6.07, 6.45) is 8.08. The van der Waals surface area contributed by atoms with E-state index in [2.05, 4.69) is 43.4 Å². The van der Waals surface area contributed by atoms with Crippen molar-refractivity contribution in [2.45, 2.75) is 58.4 Å². The third-order valence-electron chi connectivity index (χ3n) is 5.01. The standard InChI is InChI=1S/C19H31NO/c1-4-14-20-19(16-10-12-17(21-3)13-11-16)18-9-7-6-8-15(18)5-2/h10-13,15,18-20H,4-9,14H2,1-3H3. The van der Waals surface area contributed by atoms with Gasteiger partial charge in [0.05, 0.1) is 7.11 Å². The molecule has 1 aromatic carbocycles. The minimum absolute atomic E-state index is 0.501. The molecule has 0 bridgehead atoms. The van der Waals surface area contributed by atoms with Crippen molar-refractivity contribution in [3.05, 3.63) is 29.8 Å². The number of nitrogens with one attached hydrogen (secondary N) is 1. The van der Waals surface area contributed by atoms with E-state index in [1.165, 1.54) is 44.1 Å². The first-order valence-electron chi connectivity index (χ1n) is 8.67. The molecular formula is C19H31NO. The maximum atomic E-state index is 5.30. The molecule has 0 radical (unpaired) electrons. The van der Waals surface area contributed by atoms with Crippen LogP contribution in [0.25, 0.3) is 0 Å². The summed E-state index contributed by atoms with van der Waals surface area (Å²) < 4.78 is 5.30.